The molecule has 0 heterocycles. The zero-order valence-electron chi connectivity index (χ0n) is 11.1. The first kappa shape index (κ1) is 13.0. The van der Waals surface area contributed by atoms with Crippen molar-refractivity contribution in [3.8, 4) is 0 Å². The van der Waals surface area contributed by atoms with Gasteiger partial charge in [0.15, 0.2) is 0 Å². The average molecular weight is 211 g/mol. The van der Waals surface area contributed by atoms with Crippen LogP contribution in [0.2, 0.25) is 0 Å². The normalized spacial score (nSPS) is 20.4. The molecule has 1 N–H and O–H groups in total. The molecule has 1 fully saturated rings. The summed E-state index contributed by atoms with van der Waals surface area (Å²) < 4.78 is 0. The van der Waals surface area contributed by atoms with Crippen molar-refractivity contribution in [1.29, 1.82) is 0 Å². The molecule has 1 aliphatic rings. The van der Waals surface area contributed by atoms with Crippen molar-refractivity contribution < 1.29 is 0 Å². The van der Waals surface area contributed by atoms with Crippen molar-refractivity contribution in [2.75, 3.05) is 6.54 Å². The molecule has 0 radical (unpaired) electrons. The van der Waals surface area contributed by atoms with E-state index in [1.165, 1.54) is 38.6 Å². The van der Waals surface area contributed by atoms with Crippen LogP contribution >= 0.6 is 0 Å². The molecule has 90 valence electrons. The van der Waals surface area contributed by atoms with Crippen molar-refractivity contribution in [3.05, 3.63) is 0 Å². The highest BCUT2D eigenvalue weighted by atomic mass is 14.9. The maximum atomic E-state index is 3.60. The molecular weight excluding hydrogens is 182 g/mol. The van der Waals surface area contributed by atoms with Crippen LogP contribution in [0.4, 0.5) is 0 Å². The zero-order valence-corrected chi connectivity index (χ0v) is 11.1. The highest BCUT2D eigenvalue weighted by Crippen LogP contribution is 2.32. The van der Waals surface area contributed by atoms with Gasteiger partial charge in [-0.05, 0) is 30.7 Å². The molecule has 1 heteroatoms. The van der Waals surface area contributed by atoms with Gasteiger partial charge in [0.2, 0.25) is 0 Å². The Bertz CT molecular complexity index is 157. The lowest BCUT2D eigenvalue weighted by atomic mass is 9.85. The monoisotopic (exact) mass is 211 g/mol. The van der Waals surface area contributed by atoms with Gasteiger partial charge in [0.1, 0.15) is 0 Å². The van der Waals surface area contributed by atoms with Crippen molar-refractivity contribution >= 4 is 0 Å². The van der Waals surface area contributed by atoms with Crippen LogP contribution in [0.5, 0.6) is 0 Å². The molecule has 0 bridgehead atoms. The van der Waals surface area contributed by atoms with E-state index in [0.717, 1.165) is 17.8 Å². The maximum Gasteiger partial charge on any atom is 0.00104 e. The summed E-state index contributed by atoms with van der Waals surface area (Å²) in [5, 5.41) is 3.60. The van der Waals surface area contributed by atoms with Crippen LogP contribution in [0, 0.1) is 17.8 Å². The van der Waals surface area contributed by atoms with E-state index in [1.54, 1.807) is 0 Å². The second-order valence-electron chi connectivity index (χ2n) is 5.95. The second-order valence-corrected chi connectivity index (χ2v) is 5.95. The van der Waals surface area contributed by atoms with Crippen molar-refractivity contribution in [3.63, 3.8) is 0 Å². The zero-order chi connectivity index (χ0) is 11.3. The third-order valence-corrected chi connectivity index (χ3v) is 3.84. The summed E-state index contributed by atoms with van der Waals surface area (Å²) in [6.45, 7) is 10.5. The highest BCUT2D eigenvalue weighted by Gasteiger charge is 2.22. The summed E-state index contributed by atoms with van der Waals surface area (Å²) in [5.74, 6) is 2.75. The molecule has 0 amide bonds. The van der Waals surface area contributed by atoms with E-state index in [9.17, 15) is 0 Å². The lowest BCUT2D eigenvalue weighted by molar-refractivity contribution is 0.281. The Hall–Kier alpha value is -0.0400. The predicted octanol–water partition coefficient (Wildman–Crippen LogP) is 3.84. The van der Waals surface area contributed by atoms with Gasteiger partial charge in [-0.2, -0.15) is 0 Å². The third-order valence-electron chi connectivity index (χ3n) is 3.84. The fraction of sp³-hybridized carbons (Fsp3) is 1.00. The molecule has 1 saturated carbocycles. The fourth-order valence-corrected chi connectivity index (χ4v) is 2.65. The standard InChI is InChI=1S/C14H29N/c1-11(2)14(10-15-12(3)4)9-13-7-5-6-8-13/h11-15H,5-10H2,1-4H3. The number of nitrogens with one attached hydrogen (secondary N) is 1. The minimum absolute atomic E-state index is 0.634. The Balaban J connectivity index is 2.29. The largest absolute Gasteiger partial charge is 0.314 e. The minimum atomic E-state index is 0.634. The van der Waals surface area contributed by atoms with Crippen LogP contribution in [-0.4, -0.2) is 12.6 Å². The molecule has 0 aromatic rings. The smallest absolute Gasteiger partial charge is 0.00104 e. The van der Waals surface area contributed by atoms with Gasteiger partial charge in [-0.15, -0.1) is 0 Å². The average Bonchev–Trinajstić information content (AvgIpc) is 2.63. The molecule has 1 nitrogen and oxygen atoms in total. The van der Waals surface area contributed by atoms with Gasteiger partial charge in [0.05, 0.1) is 0 Å². The van der Waals surface area contributed by atoms with Crippen LogP contribution in [0.15, 0.2) is 0 Å². The van der Waals surface area contributed by atoms with Gasteiger partial charge in [-0.25, -0.2) is 0 Å². The molecule has 0 aromatic carbocycles. The first-order valence-corrected chi connectivity index (χ1v) is 6.83. The van der Waals surface area contributed by atoms with Gasteiger partial charge in [-0.1, -0.05) is 53.4 Å². The van der Waals surface area contributed by atoms with Gasteiger partial charge < -0.3 is 5.32 Å². The lowest BCUT2D eigenvalue weighted by Gasteiger charge is -2.25. The topological polar surface area (TPSA) is 12.0 Å². The number of hydrogen-bond donors (Lipinski definition) is 1. The minimum Gasteiger partial charge on any atom is -0.314 e. The summed E-state index contributed by atoms with van der Waals surface area (Å²) in [5.41, 5.74) is 0. The molecular formula is C14H29N. The highest BCUT2D eigenvalue weighted by molar-refractivity contribution is 4.75. The molecule has 1 atom stereocenters. The molecule has 0 aromatic heterocycles. The SMILES string of the molecule is CC(C)NCC(CC1CCCC1)C(C)C. The van der Waals surface area contributed by atoms with Crippen molar-refractivity contribution in [1.82, 2.24) is 5.32 Å². The Kier molecular flexibility index (Phi) is 5.66. The van der Waals surface area contributed by atoms with Gasteiger partial charge in [0, 0.05) is 6.04 Å². The van der Waals surface area contributed by atoms with E-state index < -0.39 is 0 Å². The van der Waals surface area contributed by atoms with E-state index in [-0.39, 0.29) is 0 Å². The molecule has 0 saturated heterocycles. The van der Waals surface area contributed by atoms with Crippen LogP contribution in [-0.2, 0) is 0 Å². The number of hydrogen-bond acceptors (Lipinski definition) is 1. The molecule has 0 aliphatic heterocycles. The Morgan fingerprint density at radius 1 is 1.07 bits per heavy atom. The quantitative estimate of drug-likeness (QED) is 0.704. The molecule has 15 heavy (non-hydrogen) atoms. The van der Waals surface area contributed by atoms with Crippen LogP contribution in [0.25, 0.3) is 0 Å². The summed E-state index contributed by atoms with van der Waals surface area (Å²) in [4.78, 5) is 0. The van der Waals surface area contributed by atoms with E-state index in [0.29, 0.717) is 6.04 Å². The first-order chi connectivity index (χ1) is 7.09. The first-order valence-electron chi connectivity index (χ1n) is 6.83. The maximum absolute atomic E-state index is 3.60. The molecule has 1 aliphatic carbocycles. The van der Waals surface area contributed by atoms with E-state index >= 15 is 0 Å². The molecule has 1 unspecified atom stereocenters. The second kappa shape index (κ2) is 6.52. The number of rotatable bonds is 6. The lowest BCUT2D eigenvalue weighted by Crippen LogP contribution is -2.32. The fourth-order valence-electron chi connectivity index (χ4n) is 2.65. The van der Waals surface area contributed by atoms with Crippen LogP contribution in [0.1, 0.15) is 59.8 Å². The Morgan fingerprint density at radius 2 is 1.67 bits per heavy atom. The van der Waals surface area contributed by atoms with Gasteiger partial charge in [0.25, 0.3) is 0 Å². The summed E-state index contributed by atoms with van der Waals surface area (Å²) >= 11 is 0. The Labute approximate surface area is 96.0 Å². The van der Waals surface area contributed by atoms with Crippen molar-refractivity contribution in [2.24, 2.45) is 17.8 Å². The van der Waals surface area contributed by atoms with Gasteiger partial charge >= 0.3 is 0 Å². The van der Waals surface area contributed by atoms with Crippen LogP contribution < -0.4 is 5.32 Å². The summed E-state index contributed by atoms with van der Waals surface area (Å²) in [6, 6.07) is 0.634. The van der Waals surface area contributed by atoms with Gasteiger partial charge in [-0.3, -0.25) is 0 Å². The van der Waals surface area contributed by atoms with E-state index in [1.807, 2.05) is 0 Å². The van der Waals surface area contributed by atoms with E-state index in [2.05, 4.69) is 33.0 Å². The van der Waals surface area contributed by atoms with E-state index in [4.69, 9.17) is 0 Å². The Morgan fingerprint density at radius 3 is 2.13 bits per heavy atom. The summed E-state index contributed by atoms with van der Waals surface area (Å²) in [7, 11) is 0. The summed E-state index contributed by atoms with van der Waals surface area (Å²) in [6.07, 6.45) is 7.40. The molecule has 0 spiro atoms. The third kappa shape index (κ3) is 5.01. The predicted molar refractivity (Wildman–Crippen MR) is 68.0 cm³/mol. The van der Waals surface area contributed by atoms with Crippen LogP contribution in [0.3, 0.4) is 0 Å². The molecule has 1 rings (SSSR count). The van der Waals surface area contributed by atoms with Crippen molar-refractivity contribution in [2.45, 2.75) is 65.8 Å².